The first-order valence-corrected chi connectivity index (χ1v) is 30.8. The zero-order valence-corrected chi connectivity index (χ0v) is 51.5. The van der Waals surface area contributed by atoms with Crippen LogP contribution in [0.1, 0.15) is 81.1 Å². The number of phenols is 1. The van der Waals surface area contributed by atoms with Crippen LogP contribution in [0.5, 0.6) is 17.2 Å². The summed E-state index contributed by atoms with van der Waals surface area (Å²) in [6, 6.07) is 8.43. The van der Waals surface area contributed by atoms with Crippen LogP contribution < -0.4 is 45.3 Å². The van der Waals surface area contributed by atoms with E-state index in [1.807, 2.05) is 24.3 Å². The van der Waals surface area contributed by atoms with Gasteiger partial charge >= 0.3 is 0 Å². The van der Waals surface area contributed by atoms with E-state index >= 15 is 0 Å². The van der Waals surface area contributed by atoms with E-state index in [0.29, 0.717) is 32.8 Å². The molecule has 498 valence electrons. The lowest BCUT2D eigenvalue weighted by Gasteiger charge is -2.37. The van der Waals surface area contributed by atoms with Gasteiger partial charge in [0.15, 0.2) is 11.5 Å². The van der Waals surface area contributed by atoms with Crippen LogP contribution in [0.4, 0.5) is 11.4 Å². The summed E-state index contributed by atoms with van der Waals surface area (Å²) in [5.41, 5.74) is 2.05. The van der Waals surface area contributed by atoms with Gasteiger partial charge in [-0.05, 0) is 86.0 Å². The maximum atomic E-state index is 14.6. The number of amides is 7. The maximum absolute atomic E-state index is 14.6. The number of hydrogen-bond donors (Lipinski definition) is 13. The lowest BCUT2D eigenvalue weighted by molar-refractivity contribution is -0.433. The summed E-state index contributed by atoms with van der Waals surface area (Å²) in [4.78, 5) is 107. The largest absolute Gasteiger partial charge is 0.504 e. The van der Waals surface area contributed by atoms with Gasteiger partial charge in [0.25, 0.3) is 18.2 Å². The number of carbonyl (C=O) groups is 7. The number of nitriles is 1. The number of aromatic hydroxyl groups is 1. The topological polar surface area (TPSA) is 424 Å². The van der Waals surface area contributed by atoms with Gasteiger partial charge in [-0.2, -0.15) is 5.26 Å². The molecule has 4 fully saturated rings. The number of piperazine rings is 1. The van der Waals surface area contributed by atoms with E-state index in [2.05, 4.69) is 45.8 Å². The number of phenolic OH excluding ortho intramolecular Hbond substituents is 1. The summed E-state index contributed by atoms with van der Waals surface area (Å²) >= 11 is 0.0707. The Morgan fingerprint density at radius 2 is 1.35 bits per heavy atom. The van der Waals surface area contributed by atoms with Gasteiger partial charge < -0.3 is 95.6 Å². The van der Waals surface area contributed by atoms with Crippen molar-refractivity contribution in [3.8, 4) is 23.3 Å². The Hall–Kier alpha value is -7.61. The number of unbranched alkanes of at least 4 members (excludes halogenated alkanes) is 4. The number of β-amino-alcohol motifs (C(OH)–C–C–N with tert-alkyl or cyclic N) is 1. The van der Waals surface area contributed by atoms with Crippen molar-refractivity contribution in [2.75, 3.05) is 75.9 Å². The molecule has 0 aromatic heterocycles. The minimum absolute atomic E-state index is 0.0707. The van der Waals surface area contributed by atoms with Crippen LogP contribution in [-0.4, -0.2) is 231 Å². The molecule has 13 atom stereocenters. The molecule has 4 heterocycles. The number of methoxy groups -OCH3 is 1. The van der Waals surface area contributed by atoms with Crippen molar-refractivity contribution >= 4 is 65.0 Å². The molecule has 0 radical (unpaired) electrons. The predicted octanol–water partition coefficient (Wildman–Crippen LogP) is -1.08. The summed E-state index contributed by atoms with van der Waals surface area (Å²) in [6.45, 7) is 5.14. The third-order valence-corrected chi connectivity index (χ3v) is 16.8. The normalized spacial score (nSPS) is 25.8. The number of nitrogens with zero attached hydrogens (tertiary/aromatic N) is 5. The highest BCUT2D eigenvalue weighted by Gasteiger charge is 2.50. The molecule has 91 heavy (non-hydrogen) atoms. The summed E-state index contributed by atoms with van der Waals surface area (Å²) in [7, 11) is 1.71. The molecule has 0 bridgehead atoms. The summed E-state index contributed by atoms with van der Waals surface area (Å²) in [5, 5.41) is 112. The first-order valence-electron chi connectivity index (χ1n) is 30.1. The molecule has 4 saturated heterocycles. The zero-order valence-electron chi connectivity index (χ0n) is 50.7. The molecule has 4 aliphatic rings. The molecule has 0 aliphatic carbocycles. The average Bonchev–Trinajstić information content (AvgIpc) is 1.72. The van der Waals surface area contributed by atoms with Crippen LogP contribution in [0.3, 0.4) is 0 Å². The third kappa shape index (κ3) is 19.2. The average molecular weight is 1300 g/mol. The van der Waals surface area contributed by atoms with Crippen LogP contribution >= 0.6 is 12.3 Å². The number of rotatable bonds is 23. The predicted molar refractivity (Wildman–Crippen MR) is 324 cm³/mol. The van der Waals surface area contributed by atoms with Gasteiger partial charge in [-0.25, -0.2) is 5.26 Å². The zero-order chi connectivity index (χ0) is 65.9. The number of aliphatic hydroxyl groups excluding tert-OH is 6. The Bertz CT molecular complexity index is 2980. The molecule has 13 N–H and O–H groups in total. The van der Waals surface area contributed by atoms with E-state index in [1.54, 1.807) is 25.3 Å². The molecule has 30 nitrogen and oxygen atoms in total. The molecule has 3 aromatic carbocycles. The second kappa shape index (κ2) is 34.2. The van der Waals surface area contributed by atoms with Gasteiger partial charge in [0.2, 0.25) is 35.4 Å². The Morgan fingerprint density at radius 1 is 0.736 bits per heavy atom. The Morgan fingerprint density at radius 3 is 1.99 bits per heavy atom. The number of carbonyl (C=O) groups excluding carboxylic acids is 7. The van der Waals surface area contributed by atoms with Gasteiger partial charge in [0.05, 0.1) is 55.7 Å². The van der Waals surface area contributed by atoms with Gasteiger partial charge in [-0.1, -0.05) is 41.6 Å². The van der Waals surface area contributed by atoms with Crippen molar-refractivity contribution in [3.05, 3.63) is 77.9 Å². The molecule has 0 spiro atoms. The van der Waals surface area contributed by atoms with Crippen LogP contribution in [0.2, 0.25) is 0 Å². The van der Waals surface area contributed by atoms with Gasteiger partial charge in [0.1, 0.15) is 42.0 Å². The van der Waals surface area contributed by atoms with E-state index in [4.69, 9.17) is 18.9 Å². The molecule has 3 aromatic rings. The minimum Gasteiger partial charge on any atom is -0.504 e. The highest BCUT2D eigenvalue weighted by Crippen LogP contribution is 2.32. The van der Waals surface area contributed by atoms with E-state index in [9.17, 15) is 74.6 Å². The fraction of sp³-hybridized carbons (Fsp3) is 0.567. The quantitative estimate of drug-likeness (QED) is 0.0232. The number of benzene rings is 3. The molecule has 0 unspecified atom stereocenters. The fourth-order valence-corrected chi connectivity index (χ4v) is 11.7. The molecular formula is C60H82N10O20S. The number of nitrogens with one attached hydrogen (secondary N) is 5. The summed E-state index contributed by atoms with van der Waals surface area (Å²) < 4.78 is 20.4. The Labute approximate surface area is 529 Å². The van der Waals surface area contributed by atoms with Crippen LogP contribution in [0.15, 0.2) is 66.7 Å². The second-order valence-electron chi connectivity index (χ2n) is 23.1. The van der Waals surface area contributed by atoms with E-state index in [0.717, 1.165) is 84.7 Å². The lowest BCUT2D eigenvalue weighted by atomic mass is 9.98. The van der Waals surface area contributed by atoms with Crippen molar-refractivity contribution in [3.63, 3.8) is 0 Å². The summed E-state index contributed by atoms with van der Waals surface area (Å²) in [6.07, 6.45) is -7.63. The molecule has 0 saturated carbocycles. The van der Waals surface area contributed by atoms with E-state index in [-0.39, 0.29) is 35.7 Å². The number of anilines is 2. The van der Waals surface area contributed by atoms with Crippen LogP contribution in [-0.2, 0) is 49.3 Å². The minimum atomic E-state index is -2.15. The Kier molecular flexibility index (Phi) is 26.6. The Balaban J connectivity index is 1.11. The first-order chi connectivity index (χ1) is 43.6. The highest BCUT2D eigenvalue weighted by molar-refractivity contribution is 7.90. The van der Waals surface area contributed by atoms with Crippen molar-refractivity contribution in [1.82, 2.24) is 36.4 Å². The molecule has 4 aliphatic heterocycles. The van der Waals surface area contributed by atoms with E-state index < -0.39 is 165 Å². The van der Waals surface area contributed by atoms with E-state index in [1.165, 1.54) is 25.1 Å². The second-order valence-corrected chi connectivity index (χ2v) is 23.5. The smallest absolute Gasteiger partial charge is 0.261 e. The van der Waals surface area contributed by atoms with Crippen molar-refractivity contribution in [2.45, 2.75) is 145 Å². The van der Waals surface area contributed by atoms with Gasteiger partial charge in [-0.3, -0.25) is 33.6 Å². The number of hydrogen-bond acceptors (Lipinski definition) is 24. The van der Waals surface area contributed by atoms with Crippen molar-refractivity contribution in [2.24, 2.45) is 5.92 Å². The number of fused-ring (bicyclic) bond motifs is 2. The van der Waals surface area contributed by atoms with Crippen LogP contribution in [0, 0.1) is 17.2 Å². The summed E-state index contributed by atoms with van der Waals surface area (Å²) in [5.74, 6) is -8.72. The fourth-order valence-electron chi connectivity index (χ4n) is 11.4. The van der Waals surface area contributed by atoms with Gasteiger partial charge in [0, 0.05) is 102 Å². The lowest BCUT2D eigenvalue weighted by Crippen LogP contribution is -2.64. The molecular weight excluding hydrogens is 1210 g/mol. The standard InChI is InChI=1S/C60H82N10O20S/c1-34-32-70-52(53(34)77)58(82)62-31-40(72)29-43(63-54(78)37-10-12-38(13-11-37)67-21-23-68(24-22-67)39-14-16-42(17-15-39)87-26-8-6-4-5-7-25-86-3)55(79)64-49(35(2)71)59(83)69-33-41(73)30-44(69)56(80)65-50(57(81)66-51(60(70)84)46(75)19-20-61)47(76)27-36-9-18-45(74)48(28-36)88-91-90-89-85/h9-18,28,34-35,40-41,43-44,46-47,49-53,71-77,85H,4-8,19,21-27,29-33H2,1-3H3,(H,62,82)(H,63,78)(H,64,79)(H,65,80)(H,66,81)/t34-,35+,40+,41+,43+,44+,46-,47-,49+,50+,51+,52+,53+/m1/s1. The molecule has 7 rings (SSSR count). The van der Waals surface area contributed by atoms with Crippen molar-refractivity contribution < 1.29 is 97.6 Å². The molecule has 31 heteroatoms. The van der Waals surface area contributed by atoms with Gasteiger partial charge in [-0.15, -0.1) is 0 Å². The first kappa shape index (κ1) is 70.8. The highest BCUT2D eigenvalue weighted by atomic mass is 32.2. The SMILES string of the molecule is COCCCCCCCOc1ccc(N2CCN(c3ccc(C(=O)N[C@H]4C[C@H](O)CNC(=O)[C@@H]5[C@@H](O)[C@H](C)CN5C(=O)[C@H]([C@H](O)CC#N)NC(=O)[C@H]([C@H](O)Cc5ccc(O)c(OSOOO)c5)NC(=O)[C@@H]5C[C@H](O)CN5C(=O)[C@H]([C@H](C)O)NC4=O)cc3)CC2)cc1. The third-order valence-electron chi connectivity index (χ3n) is 16.4. The number of aliphatic hydroxyl groups is 6. The number of ether oxygens (including phenoxy) is 2. The molecule has 7 amide bonds. The van der Waals surface area contributed by atoms with Crippen molar-refractivity contribution in [1.29, 1.82) is 5.26 Å². The van der Waals surface area contributed by atoms with Crippen LogP contribution in [0.25, 0.3) is 0 Å². The maximum Gasteiger partial charge on any atom is 0.261 e. The monoisotopic (exact) mass is 1290 g/mol.